The van der Waals surface area contributed by atoms with Gasteiger partial charge in [0.15, 0.2) is 5.60 Å². The van der Waals surface area contributed by atoms with Crippen LogP contribution in [0.1, 0.15) is 36.8 Å². The lowest BCUT2D eigenvalue weighted by molar-refractivity contribution is -0.164. The number of ether oxygens (including phenoxy) is 2. The van der Waals surface area contributed by atoms with Crippen LogP contribution in [-0.2, 0) is 14.3 Å². The minimum absolute atomic E-state index is 0.00703. The first-order chi connectivity index (χ1) is 13.4. The Hall–Kier alpha value is -2.86. The van der Waals surface area contributed by atoms with Crippen molar-refractivity contribution in [3.63, 3.8) is 0 Å². The van der Waals surface area contributed by atoms with Crippen molar-refractivity contribution >= 4 is 12.1 Å². The van der Waals surface area contributed by atoms with Crippen molar-refractivity contribution in [2.24, 2.45) is 0 Å². The molecule has 2 aromatic carbocycles. The van der Waals surface area contributed by atoms with Crippen LogP contribution in [-0.4, -0.2) is 41.0 Å². The Morgan fingerprint density at radius 1 is 1.11 bits per heavy atom. The third-order valence-corrected chi connectivity index (χ3v) is 6.47. The van der Waals surface area contributed by atoms with Crippen molar-refractivity contribution in [1.29, 1.82) is 0 Å². The van der Waals surface area contributed by atoms with Crippen LogP contribution in [0, 0.1) is 0 Å². The normalized spacial score (nSPS) is 29.5. The Morgan fingerprint density at radius 2 is 1.68 bits per heavy atom. The molecule has 6 nitrogen and oxygen atoms in total. The van der Waals surface area contributed by atoms with Gasteiger partial charge in [-0.2, -0.15) is 0 Å². The fraction of sp³-hybridized carbons (Fsp3) is 0.364. The van der Waals surface area contributed by atoms with Gasteiger partial charge in [-0.3, -0.25) is 0 Å². The average Bonchev–Trinajstić information content (AvgIpc) is 3.23. The highest BCUT2D eigenvalue weighted by Crippen LogP contribution is 2.55. The summed E-state index contributed by atoms with van der Waals surface area (Å²) in [5, 5.41) is 12.2. The Balaban J connectivity index is 1.29. The average molecular weight is 379 g/mol. The maximum absolute atomic E-state index is 12.5. The van der Waals surface area contributed by atoms with Crippen LogP contribution >= 0.6 is 0 Å². The zero-order valence-corrected chi connectivity index (χ0v) is 15.5. The Kier molecular flexibility index (Phi) is 3.58. The largest absolute Gasteiger partial charge is 0.479 e. The molecule has 2 aromatic rings. The molecule has 3 fully saturated rings. The number of fused-ring (bicyclic) bond motifs is 4. The summed E-state index contributed by atoms with van der Waals surface area (Å²) >= 11 is 0. The Labute approximate surface area is 162 Å². The van der Waals surface area contributed by atoms with Crippen LogP contribution < -0.4 is 5.32 Å². The molecule has 6 heteroatoms. The molecule has 2 heterocycles. The number of hydrogen-bond donors (Lipinski definition) is 2. The fourth-order valence-corrected chi connectivity index (χ4v) is 5.02. The van der Waals surface area contributed by atoms with Crippen LogP contribution in [0.5, 0.6) is 0 Å². The topological polar surface area (TPSA) is 84.9 Å². The number of carbonyl (C=O) groups is 2. The van der Waals surface area contributed by atoms with Crippen LogP contribution in [0.25, 0.3) is 11.1 Å². The van der Waals surface area contributed by atoms with Gasteiger partial charge in [0.2, 0.25) is 0 Å². The van der Waals surface area contributed by atoms with Gasteiger partial charge >= 0.3 is 12.1 Å². The standard InChI is InChI=1S/C22H21NO5/c1-13-21(11-22(12-21,28-13)19(24)25)23-20(26)27-10-18-16-8-4-2-6-14(16)15-7-3-5-9-17(15)18/h2-9,13,18H,10-12H2,1H3,(H,23,26)(H,24,25). The second-order valence-corrected chi connectivity index (χ2v) is 8.02. The predicted molar refractivity (Wildman–Crippen MR) is 101 cm³/mol. The lowest BCUT2D eigenvalue weighted by Crippen LogP contribution is -2.63. The molecule has 0 aromatic heterocycles. The number of amides is 1. The molecule has 2 aliphatic heterocycles. The minimum Gasteiger partial charge on any atom is -0.479 e. The maximum Gasteiger partial charge on any atom is 0.407 e. The van der Waals surface area contributed by atoms with Gasteiger partial charge in [0, 0.05) is 18.8 Å². The molecule has 6 rings (SSSR count). The predicted octanol–water partition coefficient (Wildman–Crippen LogP) is 3.30. The van der Waals surface area contributed by atoms with Gasteiger partial charge in [0.25, 0.3) is 0 Å². The van der Waals surface area contributed by atoms with E-state index in [9.17, 15) is 14.7 Å². The molecule has 0 radical (unpaired) electrons. The van der Waals surface area contributed by atoms with E-state index in [4.69, 9.17) is 9.47 Å². The Bertz CT molecular complexity index is 933. The lowest BCUT2D eigenvalue weighted by atomic mass is 9.66. The van der Waals surface area contributed by atoms with Crippen LogP contribution in [0.3, 0.4) is 0 Å². The number of nitrogens with one attached hydrogen (secondary N) is 1. The smallest absolute Gasteiger partial charge is 0.407 e. The molecule has 144 valence electrons. The maximum atomic E-state index is 12.5. The van der Waals surface area contributed by atoms with E-state index < -0.39 is 23.2 Å². The van der Waals surface area contributed by atoms with Crippen molar-refractivity contribution in [3.05, 3.63) is 59.7 Å². The first kappa shape index (κ1) is 17.3. The first-order valence-electron chi connectivity index (χ1n) is 9.49. The number of aliphatic carboxylic acids is 1. The first-order valence-corrected chi connectivity index (χ1v) is 9.49. The van der Waals surface area contributed by atoms with Crippen molar-refractivity contribution in [2.75, 3.05) is 6.61 Å². The van der Waals surface area contributed by atoms with Gasteiger partial charge in [-0.15, -0.1) is 0 Å². The summed E-state index contributed by atoms with van der Waals surface area (Å²) in [7, 11) is 0. The molecule has 2 saturated heterocycles. The molecule has 2 bridgehead atoms. The highest BCUT2D eigenvalue weighted by molar-refractivity contribution is 5.82. The summed E-state index contributed by atoms with van der Waals surface area (Å²) in [5.74, 6) is -0.978. The van der Waals surface area contributed by atoms with Crippen molar-refractivity contribution in [3.8, 4) is 11.1 Å². The molecule has 2 N–H and O–H groups in total. The van der Waals surface area contributed by atoms with E-state index in [0.717, 1.165) is 11.1 Å². The summed E-state index contributed by atoms with van der Waals surface area (Å²) in [4.78, 5) is 23.9. The highest BCUT2D eigenvalue weighted by atomic mass is 16.6. The number of carboxylic acid groups (broad SMARTS) is 1. The number of carboxylic acids is 1. The summed E-state index contributed by atoms with van der Waals surface area (Å²) < 4.78 is 11.2. The van der Waals surface area contributed by atoms with Gasteiger partial charge in [-0.25, -0.2) is 9.59 Å². The molecule has 2 aliphatic carbocycles. The monoisotopic (exact) mass is 379 g/mol. The zero-order valence-electron chi connectivity index (χ0n) is 15.5. The van der Waals surface area contributed by atoms with E-state index in [1.54, 1.807) is 6.92 Å². The quantitative estimate of drug-likeness (QED) is 0.851. The number of rotatable bonds is 4. The third kappa shape index (κ3) is 2.31. The van der Waals surface area contributed by atoms with E-state index >= 15 is 0 Å². The van der Waals surface area contributed by atoms with Crippen molar-refractivity contribution in [2.45, 2.75) is 42.9 Å². The van der Waals surface area contributed by atoms with E-state index in [2.05, 4.69) is 29.6 Å². The number of benzene rings is 2. The molecule has 1 unspecified atom stereocenters. The highest BCUT2D eigenvalue weighted by Gasteiger charge is 2.71. The minimum atomic E-state index is -1.16. The van der Waals surface area contributed by atoms with E-state index in [0.29, 0.717) is 0 Å². The van der Waals surface area contributed by atoms with Gasteiger partial charge in [0.1, 0.15) is 6.61 Å². The zero-order chi connectivity index (χ0) is 19.5. The SMILES string of the molecule is CC1OC2(C(=O)O)CC1(NC(=O)OCC1c3ccccc3-c3ccccc31)C2. The second kappa shape index (κ2) is 5.82. The third-order valence-electron chi connectivity index (χ3n) is 6.47. The summed E-state index contributed by atoms with van der Waals surface area (Å²) in [6, 6.07) is 16.3. The van der Waals surface area contributed by atoms with Crippen LogP contribution in [0.4, 0.5) is 4.79 Å². The number of hydrogen-bond acceptors (Lipinski definition) is 4. The lowest BCUT2D eigenvalue weighted by Gasteiger charge is -2.42. The van der Waals surface area contributed by atoms with Gasteiger partial charge in [-0.1, -0.05) is 48.5 Å². The van der Waals surface area contributed by atoms with Crippen molar-refractivity contribution < 1.29 is 24.2 Å². The molecule has 28 heavy (non-hydrogen) atoms. The van der Waals surface area contributed by atoms with Gasteiger partial charge in [0.05, 0.1) is 11.6 Å². The van der Waals surface area contributed by atoms with E-state index in [1.807, 2.05) is 24.3 Å². The summed E-state index contributed by atoms with van der Waals surface area (Å²) in [6.07, 6.45) is -0.330. The van der Waals surface area contributed by atoms with E-state index in [-0.39, 0.29) is 31.5 Å². The molecule has 0 spiro atoms. The summed E-state index contributed by atoms with van der Waals surface area (Å²) in [5.41, 5.74) is 2.85. The van der Waals surface area contributed by atoms with Crippen LogP contribution in [0.15, 0.2) is 48.5 Å². The van der Waals surface area contributed by atoms with Crippen molar-refractivity contribution in [1.82, 2.24) is 5.32 Å². The molecule has 4 aliphatic rings. The molecule has 1 saturated carbocycles. The van der Waals surface area contributed by atoms with Crippen LogP contribution in [0.2, 0.25) is 0 Å². The molecular weight excluding hydrogens is 358 g/mol. The van der Waals surface area contributed by atoms with Gasteiger partial charge < -0.3 is 19.9 Å². The molecular formula is C22H21NO5. The fourth-order valence-electron chi connectivity index (χ4n) is 5.02. The van der Waals surface area contributed by atoms with Gasteiger partial charge in [-0.05, 0) is 29.2 Å². The molecule has 1 amide bonds. The van der Waals surface area contributed by atoms with E-state index in [1.165, 1.54) is 11.1 Å². The Morgan fingerprint density at radius 3 is 2.21 bits per heavy atom. The number of carbonyl (C=O) groups excluding carboxylic acids is 1. The summed E-state index contributed by atoms with van der Waals surface area (Å²) in [6.45, 7) is 2.02. The number of alkyl carbamates (subject to hydrolysis) is 1. The second-order valence-electron chi connectivity index (χ2n) is 8.02. The molecule has 1 atom stereocenters.